The lowest BCUT2D eigenvalue weighted by Gasteiger charge is -2.19. The summed E-state index contributed by atoms with van der Waals surface area (Å²) in [5.74, 6) is 0.314. The van der Waals surface area contributed by atoms with E-state index in [0.29, 0.717) is 5.92 Å². The number of hydrogen-bond donors (Lipinski definition) is 1. The highest BCUT2D eigenvalue weighted by Crippen LogP contribution is 2.28. The number of pyridine rings is 1. The van der Waals surface area contributed by atoms with Crippen LogP contribution in [0.3, 0.4) is 0 Å². The molecule has 2 nitrogen and oxygen atoms in total. The number of nitrogens with zero attached hydrogens (tertiary/aromatic N) is 1. The van der Waals surface area contributed by atoms with Crippen molar-refractivity contribution in [2.75, 3.05) is 11.9 Å². The van der Waals surface area contributed by atoms with E-state index in [4.69, 9.17) is 0 Å². The highest BCUT2D eigenvalue weighted by atomic mass is 14.9. The third kappa shape index (κ3) is 3.98. The van der Waals surface area contributed by atoms with Crippen LogP contribution in [-0.4, -0.2) is 11.5 Å². The van der Waals surface area contributed by atoms with E-state index in [1.807, 2.05) is 18.3 Å². The molecule has 0 saturated heterocycles. The number of nitrogens with one attached hydrogen (secondary N) is 1. The Hall–Kier alpha value is -2.61. The molecule has 1 atom stereocenters. The summed E-state index contributed by atoms with van der Waals surface area (Å²) in [5.41, 5.74) is 4.98. The van der Waals surface area contributed by atoms with Crippen LogP contribution >= 0.6 is 0 Å². The first-order valence-corrected chi connectivity index (χ1v) is 8.10. The normalized spacial score (nSPS) is 11.9. The number of anilines is 1. The van der Waals surface area contributed by atoms with Gasteiger partial charge in [0.2, 0.25) is 0 Å². The van der Waals surface area contributed by atoms with Gasteiger partial charge in [0, 0.05) is 30.0 Å². The highest BCUT2D eigenvalue weighted by molar-refractivity contribution is 5.42. The SMILES string of the molecule is Cc1ccccc1C(CCNc1ccccc1)c1ccccn1. The van der Waals surface area contributed by atoms with Gasteiger partial charge in [-0.25, -0.2) is 0 Å². The van der Waals surface area contributed by atoms with Crippen LogP contribution in [-0.2, 0) is 0 Å². The molecule has 3 rings (SSSR count). The molecule has 23 heavy (non-hydrogen) atoms. The van der Waals surface area contributed by atoms with Crippen molar-refractivity contribution in [2.24, 2.45) is 0 Å². The molecular formula is C21H22N2. The summed E-state index contributed by atoms with van der Waals surface area (Å²) in [4.78, 5) is 4.59. The van der Waals surface area contributed by atoms with E-state index in [-0.39, 0.29) is 0 Å². The Morgan fingerprint density at radius 1 is 0.870 bits per heavy atom. The lowest BCUT2D eigenvalue weighted by atomic mass is 9.89. The van der Waals surface area contributed by atoms with Crippen LogP contribution in [0.1, 0.15) is 29.2 Å². The van der Waals surface area contributed by atoms with Gasteiger partial charge in [-0.05, 0) is 48.7 Å². The van der Waals surface area contributed by atoms with Gasteiger partial charge in [-0.1, -0.05) is 48.5 Å². The molecule has 0 bridgehead atoms. The zero-order chi connectivity index (χ0) is 15.9. The standard InChI is InChI=1S/C21H22N2/c1-17-9-5-6-12-19(17)20(21-13-7-8-15-23-21)14-16-22-18-10-3-2-4-11-18/h2-13,15,20,22H,14,16H2,1H3. The molecule has 1 unspecified atom stereocenters. The first kappa shape index (κ1) is 15.3. The summed E-state index contributed by atoms with van der Waals surface area (Å²) < 4.78 is 0. The molecule has 1 heterocycles. The lowest BCUT2D eigenvalue weighted by Crippen LogP contribution is -2.11. The second-order valence-electron chi connectivity index (χ2n) is 5.75. The number of aromatic nitrogens is 1. The Kier molecular flexibility index (Phi) is 5.05. The van der Waals surface area contributed by atoms with Crippen molar-refractivity contribution in [2.45, 2.75) is 19.3 Å². The summed E-state index contributed by atoms with van der Waals surface area (Å²) in [6.07, 6.45) is 2.89. The Balaban J connectivity index is 1.78. The number of benzene rings is 2. The Morgan fingerprint density at radius 2 is 1.61 bits per heavy atom. The van der Waals surface area contributed by atoms with Gasteiger partial charge in [-0.15, -0.1) is 0 Å². The molecular weight excluding hydrogens is 280 g/mol. The fourth-order valence-corrected chi connectivity index (χ4v) is 2.94. The zero-order valence-electron chi connectivity index (χ0n) is 13.4. The molecule has 1 aromatic heterocycles. The Labute approximate surface area is 138 Å². The minimum atomic E-state index is 0.314. The van der Waals surface area contributed by atoms with Crippen molar-refractivity contribution in [1.82, 2.24) is 4.98 Å². The second kappa shape index (κ2) is 7.59. The van der Waals surface area contributed by atoms with Crippen LogP contribution in [0, 0.1) is 6.92 Å². The quantitative estimate of drug-likeness (QED) is 0.691. The van der Waals surface area contributed by atoms with Gasteiger partial charge < -0.3 is 5.32 Å². The van der Waals surface area contributed by atoms with Crippen molar-refractivity contribution in [3.05, 3.63) is 95.8 Å². The summed E-state index contributed by atoms with van der Waals surface area (Å²) in [6.45, 7) is 3.09. The van der Waals surface area contributed by atoms with Gasteiger partial charge in [0.15, 0.2) is 0 Å². The topological polar surface area (TPSA) is 24.9 Å². The minimum absolute atomic E-state index is 0.314. The molecule has 0 saturated carbocycles. The van der Waals surface area contributed by atoms with E-state index in [0.717, 1.165) is 24.3 Å². The van der Waals surface area contributed by atoms with Crippen molar-refractivity contribution < 1.29 is 0 Å². The first-order valence-electron chi connectivity index (χ1n) is 8.10. The summed E-state index contributed by atoms with van der Waals surface area (Å²) in [6, 6.07) is 25.1. The molecule has 1 N–H and O–H groups in total. The van der Waals surface area contributed by atoms with Crippen molar-refractivity contribution in [1.29, 1.82) is 0 Å². The van der Waals surface area contributed by atoms with E-state index in [9.17, 15) is 0 Å². The molecule has 0 aliphatic carbocycles. The Bertz CT molecular complexity index is 723. The number of aryl methyl sites for hydroxylation is 1. The fourth-order valence-electron chi connectivity index (χ4n) is 2.94. The van der Waals surface area contributed by atoms with Gasteiger partial charge in [0.25, 0.3) is 0 Å². The summed E-state index contributed by atoms with van der Waals surface area (Å²) >= 11 is 0. The maximum Gasteiger partial charge on any atom is 0.0479 e. The van der Waals surface area contributed by atoms with E-state index < -0.39 is 0 Å². The van der Waals surface area contributed by atoms with Crippen LogP contribution < -0.4 is 5.32 Å². The monoisotopic (exact) mass is 302 g/mol. The third-order valence-electron chi connectivity index (χ3n) is 4.14. The second-order valence-corrected chi connectivity index (χ2v) is 5.75. The maximum absolute atomic E-state index is 4.59. The average molecular weight is 302 g/mol. The third-order valence-corrected chi connectivity index (χ3v) is 4.14. The fraction of sp³-hybridized carbons (Fsp3) is 0.190. The molecule has 0 radical (unpaired) electrons. The van der Waals surface area contributed by atoms with Crippen LogP contribution in [0.2, 0.25) is 0 Å². The lowest BCUT2D eigenvalue weighted by molar-refractivity contribution is 0.717. The molecule has 0 fully saturated rings. The molecule has 0 aliphatic rings. The number of para-hydroxylation sites is 1. The van der Waals surface area contributed by atoms with Crippen LogP contribution in [0.5, 0.6) is 0 Å². The molecule has 0 aliphatic heterocycles. The first-order chi connectivity index (χ1) is 11.3. The van der Waals surface area contributed by atoms with Crippen molar-refractivity contribution in [3.8, 4) is 0 Å². The van der Waals surface area contributed by atoms with E-state index >= 15 is 0 Å². The Morgan fingerprint density at radius 3 is 2.35 bits per heavy atom. The molecule has 3 aromatic rings. The van der Waals surface area contributed by atoms with E-state index in [1.54, 1.807) is 0 Å². The minimum Gasteiger partial charge on any atom is -0.385 e. The maximum atomic E-state index is 4.59. The smallest absolute Gasteiger partial charge is 0.0479 e. The molecule has 0 spiro atoms. The predicted octanol–water partition coefficient (Wildman–Crippen LogP) is 5.02. The van der Waals surface area contributed by atoms with Crippen LogP contribution in [0.4, 0.5) is 5.69 Å². The van der Waals surface area contributed by atoms with Crippen LogP contribution in [0.25, 0.3) is 0 Å². The molecule has 0 amide bonds. The van der Waals surface area contributed by atoms with Crippen LogP contribution in [0.15, 0.2) is 79.0 Å². The van der Waals surface area contributed by atoms with Gasteiger partial charge in [-0.3, -0.25) is 4.98 Å². The van der Waals surface area contributed by atoms with Gasteiger partial charge >= 0.3 is 0 Å². The zero-order valence-corrected chi connectivity index (χ0v) is 13.4. The summed E-state index contributed by atoms with van der Waals surface area (Å²) in [7, 11) is 0. The van der Waals surface area contributed by atoms with Crippen molar-refractivity contribution >= 4 is 5.69 Å². The molecule has 116 valence electrons. The average Bonchev–Trinajstić information content (AvgIpc) is 2.61. The summed E-state index contributed by atoms with van der Waals surface area (Å²) in [5, 5.41) is 3.51. The largest absolute Gasteiger partial charge is 0.385 e. The molecule has 2 heteroatoms. The van der Waals surface area contributed by atoms with Crippen molar-refractivity contribution in [3.63, 3.8) is 0 Å². The van der Waals surface area contributed by atoms with E-state index in [1.165, 1.54) is 11.1 Å². The van der Waals surface area contributed by atoms with Gasteiger partial charge in [-0.2, -0.15) is 0 Å². The number of rotatable bonds is 6. The predicted molar refractivity (Wildman–Crippen MR) is 96.8 cm³/mol. The number of hydrogen-bond acceptors (Lipinski definition) is 2. The highest BCUT2D eigenvalue weighted by Gasteiger charge is 2.16. The van der Waals surface area contributed by atoms with E-state index in [2.05, 4.69) is 77.9 Å². The van der Waals surface area contributed by atoms with Gasteiger partial charge in [0.1, 0.15) is 0 Å². The molecule has 2 aromatic carbocycles. The van der Waals surface area contributed by atoms with Gasteiger partial charge in [0.05, 0.1) is 0 Å².